The van der Waals surface area contributed by atoms with Gasteiger partial charge in [-0.25, -0.2) is 4.79 Å². The van der Waals surface area contributed by atoms with E-state index in [1.54, 1.807) is 0 Å². The van der Waals surface area contributed by atoms with Crippen LogP contribution in [0.15, 0.2) is 21.6 Å². The molecule has 0 bridgehead atoms. The number of furan rings is 1. The third kappa shape index (κ3) is 2.67. The van der Waals surface area contributed by atoms with Crippen molar-refractivity contribution in [2.24, 2.45) is 0 Å². The Kier molecular flexibility index (Phi) is 3.69. The van der Waals surface area contributed by atoms with Gasteiger partial charge in [0.15, 0.2) is 5.09 Å². The minimum Gasteiger partial charge on any atom is -0.475 e. The third-order valence-corrected chi connectivity index (χ3v) is 5.55. The van der Waals surface area contributed by atoms with Crippen molar-refractivity contribution < 1.29 is 23.3 Å². The lowest BCUT2D eigenvalue weighted by Crippen LogP contribution is -2.27. The molecule has 5 nitrogen and oxygen atoms in total. The highest BCUT2D eigenvalue weighted by molar-refractivity contribution is 7.84. The minimum atomic E-state index is -1.34. The Morgan fingerprint density at radius 2 is 2.10 bits per heavy atom. The minimum absolute atomic E-state index is 0.00712. The molecule has 2 atom stereocenters. The Bertz CT molecular complexity index is 529. The average Bonchev–Trinajstić information content (AvgIpc) is 3.13. The molecule has 2 heterocycles. The van der Waals surface area contributed by atoms with Crippen LogP contribution in [0.1, 0.15) is 49.1 Å². The van der Waals surface area contributed by atoms with Gasteiger partial charge < -0.3 is 14.3 Å². The molecule has 1 aliphatic heterocycles. The zero-order valence-corrected chi connectivity index (χ0v) is 12.0. The second-order valence-corrected chi connectivity index (χ2v) is 7.03. The zero-order valence-electron chi connectivity index (χ0n) is 11.2. The van der Waals surface area contributed by atoms with Crippen molar-refractivity contribution in [3.8, 4) is 0 Å². The molecule has 110 valence electrons. The van der Waals surface area contributed by atoms with Crippen LogP contribution >= 0.6 is 0 Å². The Balaban J connectivity index is 1.60. The molecule has 20 heavy (non-hydrogen) atoms. The fraction of sp³-hybridized carbons (Fsp3) is 0.643. The maximum absolute atomic E-state index is 12.2. The summed E-state index contributed by atoms with van der Waals surface area (Å²) in [5, 5.41) is 9.01. The van der Waals surface area contributed by atoms with E-state index in [0.717, 1.165) is 25.7 Å². The van der Waals surface area contributed by atoms with Gasteiger partial charge in [0.1, 0.15) is 0 Å². The second kappa shape index (κ2) is 5.33. The van der Waals surface area contributed by atoms with Gasteiger partial charge in [-0.05, 0) is 37.8 Å². The predicted octanol–water partition coefficient (Wildman–Crippen LogP) is 2.58. The van der Waals surface area contributed by atoms with Crippen LogP contribution in [-0.2, 0) is 15.5 Å². The molecule has 2 fully saturated rings. The van der Waals surface area contributed by atoms with Crippen LogP contribution in [0.4, 0.5) is 0 Å². The first kappa shape index (κ1) is 13.8. The van der Waals surface area contributed by atoms with Crippen molar-refractivity contribution in [3.63, 3.8) is 0 Å². The van der Waals surface area contributed by atoms with Gasteiger partial charge in [-0.15, -0.1) is 0 Å². The summed E-state index contributed by atoms with van der Waals surface area (Å²) in [6.07, 6.45) is 6.63. The summed E-state index contributed by atoms with van der Waals surface area (Å²) in [6.45, 7) is 0. The summed E-state index contributed by atoms with van der Waals surface area (Å²) >= 11 is 0. The highest BCUT2D eigenvalue weighted by atomic mass is 32.2. The summed E-state index contributed by atoms with van der Waals surface area (Å²) in [6, 6.07) is 2.81. The topological polar surface area (TPSA) is 76.7 Å². The molecule has 1 aromatic heterocycles. The molecule has 1 spiro atoms. The molecule has 0 amide bonds. The Labute approximate surface area is 119 Å². The molecule has 2 aliphatic rings. The number of carboxylic acids is 1. The van der Waals surface area contributed by atoms with Gasteiger partial charge in [0.2, 0.25) is 5.76 Å². The quantitative estimate of drug-likeness (QED) is 0.924. The highest BCUT2D eigenvalue weighted by Gasteiger charge is 2.42. The number of hydrogen-bond acceptors (Lipinski definition) is 4. The van der Waals surface area contributed by atoms with Crippen molar-refractivity contribution in [2.45, 2.75) is 55.3 Å². The maximum atomic E-state index is 12.2. The van der Waals surface area contributed by atoms with E-state index >= 15 is 0 Å². The summed E-state index contributed by atoms with van der Waals surface area (Å²) in [5.74, 6) is -0.933. The first-order valence-electron chi connectivity index (χ1n) is 6.97. The van der Waals surface area contributed by atoms with Crippen LogP contribution in [0.2, 0.25) is 0 Å². The largest absolute Gasteiger partial charge is 0.475 e. The molecule has 6 heteroatoms. The van der Waals surface area contributed by atoms with Crippen molar-refractivity contribution in [2.75, 3.05) is 5.75 Å². The standard InChI is InChI=1S/C14H18O5S/c15-13(16)11-3-4-12(18-11)20(17)9-10-5-8-14(19-10)6-1-2-7-14/h3-4,10H,1-2,5-9H2,(H,15,16). The molecule has 2 unspecified atom stereocenters. The average molecular weight is 298 g/mol. The highest BCUT2D eigenvalue weighted by Crippen LogP contribution is 2.43. The van der Waals surface area contributed by atoms with Gasteiger partial charge in [-0.1, -0.05) is 12.8 Å². The lowest BCUT2D eigenvalue weighted by molar-refractivity contribution is -0.0271. The number of rotatable bonds is 4. The maximum Gasteiger partial charge on any atom is 0.371 e. The van der Waals surface area contributed by atoms with Crippen LogP contribution in [0.5, 0.6) is 0 Å². The summed E-state index contributed by atoms with van der Waals surface area (Å²) in [5.41, 5.74) is 0.0320. The first-order chi connectivity index (χ1) is 9.58. The van der Waals surface area contributed by atoms with E-state index in [4.69, 9.17) is 14.3 Å². The molecule has 0 aromatic carbocycles. The molecule has 0 radical (unpaired) electrons. The van der Waals surface area contributed by atoms with Gasteiger partial charge in [0.25, 0.3) is 0 Å². The van der Waals surface area contributed by atoms with Crippen LogP contribution in [0.3, 0.4) is 0 Å². The molecular weight excluding hydrogens is 280 g/mol. The normalized spacial score (nSPS) is 26.1. The number of aromatic carboxylic acids is 1. The van der Waals surface area contributed by atoms with Crippen molar-refractivity contribution in [1.29, 1.82) is 0 Å². The van der Waals surface area contributed by atoms with E-state index in [9.17, 15) is 9.00 Å². The van der Waals surface area contributed by atoms with Gasteiger partial charge in [0.05, 0.1) is 28.3 Å². The molecule has 3 rings (SSSR count). The van der Waals surface area contributed by atoms with Gasteiger partial charge in [-0.2, -0.15) is 0 Å². The van der Waals surface area contributed by atoms with Gasteiger partial charge in [0, 0.05) is 0 Å². The lowest BCUT2D eigenvalue weighted by atomic mass is 9.98. The van der Waals surface area contributed by atoms with E-state index in [2.05, 4.69) is 0 Å². The van der Waals surface area contributed by atoms with Gasteiger partial charge in [-0.3, -0.25) is 4.21 Å². The fourth-order valence-electron chi connectivity index (χ4n) is 3.21. The molecule has 1 saturated heterocycles. The summed E-state index contributed by atoms with van der Waals surface area (Å²) < 4.78 is 23.4. The Morgan fingerprint density at radius 3 is 2.75 bits per heavy atom. The number of hydrogen-bond donors (Lipinski definition) is 1. The van der Waals surface area contributed by atoms with Crippen LogP contribution in [-0.4, -0.2) is 32.7 Å². The first-order valence-corrected chi connectivity index (χ1v) is 8.29. The van der Waals surface area contributed by atoms with E-state index in [0.29, 0.717) is 5.75 Å². The third-order valence-electron chi connectivity index (χ3n) is 4.21. The number of ether oxygens (including phenoxy) is 1. The van der Waals surface area contributed by atoms with Crippen molar-refractivity contribution in [1.82, 2.24) is 0 Å². The van der Waals surface area contributed by atoms with Gasteiger partial charge >= 0.3 is 5.97 Å². The zero-order chi connectivity index (χ0) is 14.2. The number of carbonyl (C=O) groups is 1. The number of carboxylic acid groups (broad SMARTS) is 1. The SMILES string of the molecule is O=C(O)c1ccc(S(=O)CC2CCC3(CCCC3)O2)o1. The second-order valence-electron chi connectivity index (χ2n) is 5.60. The van der Waals surface area contributed by atoms with Crippen LogP contribution in [0.25, 0.3) is 0 Å². The van der Waals surface area contributed by atoms with Crippen molar-refractivity contribution >= 4 is 16.8 Å². The van der Waals surface area contributed by atoms with Crippen LogP contribution < -0.4 is 0 Å². The molecular formula is C14H18O5S. The monoisotopic (exact) mass is 298 g/mol. The van der Waals surface area contributed by atoms with E-state index < -0.39 is 16.8 Å². The summed E-state index contributed by atoms with van der Waals surface area (Å²) in [4.78, 5) is 10.7. The molecule has 1 aliphatic carbocycles. The van der Waals surface area contributed by atoms with E-state index in [1.807, 2.05) is 0 Å². The smallest absolute Gasteiger partial charge is 0.371 e. The Morgan fingerprint density at radius 1 is 1.35 bits per heavy atom. The fourth-order valence-corrected chi connectivity index (χ4v) is 4.35. The van der Waals surface area contributed by atoms with Crippen molar-refractivity contribution in [3.05, 3.63) is 17.9 Å². The molecule has 1 aromatic rings. The van der Waals surface area contributed by atoms with Crippen LogP contribution in [0, 0.1) is 0 Å². The van der Waals surface area contributed by atoms with E-state index in [1.165, 1.54) is 25.0 Å². The van der Waals surface area contributed by atoms with E-state index in [-0.39, 0.29) is 22.6 Å². The Hall–Kier alpha value is -1.14. The summed E-state index contributed by atoms with van der Waals surface area (Å²) in [7, 11) is -1.34. The molecule has 1 N–H and O–H groups in total. The molecule has 1 saturated carbocycles. The lowest BCUT2D eigenvalue weighted by Gasteiger charge is -2.23. The predicted molar refractivity (Wildman–Crippen MR) is 72.2 cm³/mol.